The Balaban J connectivity index is 1.40. The number of hydrogen-bond acceptors (Lipinski definition) is 6. The number of halogens is 2. The number of pyridine rings is 1. The summed E-state index contributed by atoms with van der Waals surface area (Å²) in [5.74, 6) is -0.580. The Morgan fingerprint density at radius 3 is 2.38 bits per heavy atom. The molecule has 3 N–H and O–H groups in total. The number of hydrogen-bond donors (Lipinski definition) is 3. The van der Waals surface area contributed by atoms with Gasteiger partial charge >= 0.3 is 0 Å². The number of carbonyl (C=O) groups is 1. The van der Waals surface area contributed by atoms with Crippen molar-refractivity contribution in [2.45, 2.75) is 17.4 Å². The molecule has 6 nitrogen and oxygen atoms in total. The summed E-state index contributed by atoms with van der Waals surface area (Å²) in [4.78, 5) is 18.8. The van der Waals surface area contributed by atoms with E-state index in [9.17, 15) is 24.5 Å². The number of aliphatic hydroxyl groups is 1. The molecule has 5 rings (SSSR count). The van der Waals surface area contributed by atoms with Crippen LogP contribution in [-0.4, -0.2) is 37.2 Å². The molecule has 0 spiro atoms. The van der Waals surface area contributed by atoms with Gasteiger partial charge in [0.2, 0.25) is 5.91 Å². The Bertz CT molecular complexity index is 1440. The molecular weight excluding hydrogens is 515 g/mol. The van der Waals surface area contributed by atoms with Gasteiger partial charge in [0, 0.05) is 39.9 Å². The number of benzene rings is 3. The molecule has 188 valence electrons. The van der Waals surface area contributed by atoms with Crippen molar-refractivity contribution >= 4 is 35.0 Å². The minimum absolute atomic E-state index is 0.0890. The van der Waals surface area contributed by atoms with Crippen LogP contribution in [0.4, 0.5) is 10.1 Å². The van der Waals surface area contributed by atoms with Gasteiger partial charge in [0.25, 0.3) is 0 Å². The number of nitrogens with zero attached hydrogens (tertiary/aromatic N) is 2. The van der Waals surface area contributed by atoms with Gasteiger partial charge in [-0.3, -0.25) is 9.78 Å². The maximum atomic E-state index is 13.6. The first-order chi connectivity index (χ1) is 17.8. The summed E-state index contributed by atoms with van der Waals surface area (Å²) in [6.07, 6.45) is 1.88. The zero-order valence-corrected chi connectivity index (χ0v) is 20.9. The first kappa shape index (κ1) is 25.1. The second-order valence-electron chi connectivity index (χ2n) is 8.66. The molecule has 1 fully saturated rings. The number of aromatic hydroxyl groups is 2. The number of β-lactam (4-membered cyclic amide) rings is 1. The quantitative estimate of drug-likeness (QED) is 0.256. The lowest BCUT2D eigenvalue weighted by Crippen LogP contribution is -2.57. The van der Waals surface area contributed by atoms with Gasteiger partial charge in [0.15, 0.2) is 0 Å². The third kappa shape index (κ3) is 5.13. The lowest BCUT2D eigenvalue weighted by atomic mass is 9.91. The fraction of sp³-hybridized carbons (Fsp3) is 0.143. The summed E-state index contributed by atoms with van der Waals surface area (Å²) in [6, 6.07) is 19.1. The fourth-order valence-electron chi connectivity index (χ4n) is 4.36. The second-order valence-corrected chi connectivity index (χ2v) is 10.3. The summed E-state index contributed by atoms with van der Waals surface area (Å²) < 4.78 is 13.6. The molecule has 1 aliphatic rings. The zero-order chi connectivity index (χ0) is 26.1. The van der Waals surface area contributed by atoms with Crippen molar-refractivity contribution in [1.82, 2.24) is 4.98 Å². The van der Waals surface area contributed by atoms with Gasteiger partial charge in [-0.2, -0.15) is 0 Å². The van der Waals surface area contributed by atoms with E-state index in [1.807, 2.05) is 0 Å². The van der Waals surface area contributed by atoms with Gasteiger partial charge in [-0.15, -0.1) is 11.8 Å². The van der Waals surface area contributed by atoms with E-state index in [-0.39, 0.29) is 23.2 Å². The molecule has 0 radical (unpaired) electrons. The van der Waals surface area contributed by atoms with Crippen LogP contribution in [0.2, 0.25) is 5.02 Å². The van der Waals surface area contributed by atoms with Crippen LogP contribution in [0.3, 0.4) is 0 Å². The van der Waals surface area contributed by atoms with Crippen molar-refractivity contribution in [3.63, 3.8) is 0 Å². The van der Waals surface area contributed by atoms with Gasteiger partial charge in [0.1, 0.15) is 22.6 Å². The monoisotopic (exact) mass is 536 g/mol. The van der Waals surface area contributed by atoms with Gasteiger partial charge < -0.3 is 20.2 Å². The number of phenolic OH excluding ortho intramolecular Hbond substituents is 2. The van der Waals surface area contributed by atoms with Crippen LogP contribution < -0.4 is 4.90 Å². The van der Waals surface area contributed by atoms with Crippen LogP contribution in [0.5, 0.6) is 11.5 Å². The Morgan fingerprint density at radius 1 is 0.973 bits per heavy atom. The number of thioether (sulfide) groups is 1. The SMILES string of the molecule is O=C1[C@H](SC[C@H](O)c2ccc(Cl)cc2)[C@@H](c2ccc(O)cc2O)N1c1ccc(-c2cncc(F)c2)cc1. The van der Waals surface area contributed by atoms with E-state index in [4.69, 9.17) is 11.6 Å². The van der Waals surface area contributed by atoms with Gasteiger partial charge in [0.05, 0.1) is 18.3 Å². The molecule has 0 unspecified atom stereocenters. The molecule has 1 amide bonds. The van der Waals surface area contributed by atoms with E-state index in [0.717, 1.165) is 11.8 Å². The molecule has 1 aromatic heterocycles. The normalized spacial score (nSPS) is 17.9. The summed E-state index contributed by atoms with van der Waals surface area (Å²) in [5.41, 5.74) is 3.12. The summed E-state index contributed by atoms with van der Waals surface area (Å²) in [6.45, 7) is 0. The predicted molar refractivity (Wildman–Crippen MR) is 142 cm³/mol. The molecular formula is C28H22ClFN2O4S. The highest BCUT2D eigenvalue weighted by Gasteiger charge is 2.50. The number of anilines is 1. The number of amides is 1. The molecule has 4 aromatic rings. The third-order valence-electron chi connectivity index (χ3n) is 6.25. The molecule has 2 heterocycles. The van der Waals surface area contributed by atoms with Crippen LogP contribution in [0.25, 0.3) is 11.1 Å². The summed E-state index contributed by atoms with van der Waals surface area (Å²) in [5, 5.41) is 31.0. The van der Waals surface area contributed by atoms with Crippen LogP contribution in [0, 0.1) is 5.82 Å². The fourth-order valence-corrected chi connectivity index (χ4v) is 5.77. The standard InChI is InChI=1S/C28H22ClFN2O4S/c29-19-5-1-17(2-6-19)25(35)15-37-27-26(23-10-9-22(33)12-24(23)34)32(28(27)36)21-7-3-16(4-8-21)18-11-20(30)14-31-13-18/h1-14,25-27,33-35H,15H2/t25-,26+,27+/m0/s1. The summed E-state index contributed by atoms with van der Waals surface area (Å²) in [7, 11) is 0. The molecule has 1 aliphatic heterocycles. The minimum Gasteiger partial charge on any atom is -0.508 e. The van der Waals surface area contributed by atoms with Crippen molar-refractivity contribution in [2.24, 2.45) is 0 Å². The Labute approximate surface area is 222 Å². The molecule has 1 saturated heterocycles. The highest BCUT2D eigenvalue weighted by molar-refractivity contribution is 8.00. The molecule has 0 saturated carbocycles. The van der Waals surface area contributed by atoms with Crippen molar-refractivity contribution < 1.29 is 24.5 Å². The van der Waals surface area contributed by atoms with Crippen molar-refractivity contribution in [3.8, 4) is 22.6 Å². The summed E-state index contributed by atoms with van der Waals surface area (Å²) >= 11 is 7.23. The van der Waals surface area contributed by atoms with E-state index in [1.165, 1.54) is 30.0 Å². The van der Waals surface area contributed by atoms with Crippen LogP contribution in [-0.2, 0) is 4.79 Å². The molecule has 3 atom stereocenters. The van der Waals surface area contributed by atoms with E-state index in [2.05, 4.69) is 4.98 Å². The number of carbonyl (C=O) groups excluding carboxylic acids is 1. The maximum absolute atomic E-state index is 13.6. The van der Waals surface area contributed by atoms with Crippen LogP contribution in [0.1, 0.15) is 23.3 Å². The Morgan fingerprint density at radius 2 is 1.70 bits per heavy atom. The van der Waals surface area contributed by atoms with Gasteiger partial charge in [-0.05, 0) is 53.6 Å². The predicted octanol–water partition coefficient (Wildman–Crippen LogP) is 5.88. The largest absolute Gasteiger partial charge is 0.508 e. The second kappa shape index (κ2) is 10.4. The van der Waals surface area contributed by atoms with E-state index < -0.39 is 23.2 Å². The highest BCUT2D eigenvalue weighted by atomic mass is 35.5. The first-order valence-electron chi connectivity index (χ1n) is 11.4. The molecule has 9 heteroatoms. The maximum Gasteiger partial charge on any atom is 0.243 e. The number of rotatable bonds is 7. The van der Waals surface area contributed by atoms with E-state index in [0.29, 0.717) is 27.4 Å². The van der Waals surface area contributed by atoms with E-state index in [1.54, 1.807) is 65.7 Å². The smallest absolute Gasteiger partial charge is 0.243 e. The molecule has 3 aromatic carbocycles. The van der Waals surface area contributed by atoms with Gasteiger partial charge in [-0.25, -0.2) is 4.39 Å². The third-order valence-corrected chi connectivity index (χ3v) is 7.83. The van der Waals surface area contributed by atoms with Crippen LogP contribution in [0.15, 0.2) is 85.2 Å². The zero-order valence-electron chi connectivity index (χ0n) is 19.3. The lowest BCUT2D eigenvalue weighted by molar-refractivity contribution is -0.123. The van der Waals surface area contributed by atoms with Gasteiger partial charge in [-0.1, -0.05) is 35.9 Å². The first-order valence-corrected chi connectivity index (χ1v) is 12.9. The molecule has 0 bridgehead atoms. The average Bonchev–Trinajstić information content (AvgIpc) is 2.88. The average molecular weight is 537 g/mol. The molecule has 0 aliphatic carbocycles. The number of aliphatic hydroxyl groups excluding tert-OH is 1. The number of aromatic nitrogens is 1. The van der Waals surface area contributed by atoms with Crippen molar-refractivity contribution in [2.75, 3.05) is 10.7 Å². The Hall–Kier alpha value is -3.59. The molecule has 37 heavy (non-hydrogen) atoms. The van der Waals surface area contributed by atoms with Crippen molar-refractivity contribution in [1.29, 1.82) is 0 Å². The topological polar surface area (TPSA) is 93.9 Å². The lowest BCUT2D eigenvalue weighted by Gasteiger charge is -2.47. The Kier molecular flexibility index (Phi) is 7.06. The highest BCUT2D eigenvalue weighted by Crippen LogP contribution is 2.48. The van der Waals surface area contributed by atoms with Crippen molar-refractivity contribution in [3.05, 3.63) is 107 Å². The van der Waals surface area contributed by atoms with E-state index >= 15 is 0 Å². The van der Waals surface area contributed by atoms with Crippen LogP contribution >= 0.6 is 23.4 Å². The number of phenols is 2. The minimum atomic E-state index is -0.808.